The van der Waals surface area contributed by atoms with Gasteiger partial charge in [-0.3, -0.25) is 14.4 Å². The summed E-state index contributed by atoms with van der Waals surface area (Å²) >= 11 is 0. The number of amides is 3. The van der Waals surface area contributed by atoms with Crippen molar-refractivity contribution < 1.29 is 105 Å². The first-order valence-electron chi connectivity index (χ1n) is 41.0. The van der Waals surface area contributed by atoms with Gasteiger partial charge in [-0.25, -0.2) is 13.2 Å². The molecule has 9 aromatic carbocycles. The molecule has 0 saturated heterocycles. The maximum Gasteiger partial charge on any atom is 3.00 e. The molecule has 0 aliphatic rings. The molecule has 6 atom stereocenters. The van der Waals surface area contributed by atoms with Crippen LogP contribution in [0.4, 0.5) is 30.2 Å². The normalized spacial score (nSPS) is 12.6. The van der Waals surface area contributed by atoms with E-state index in [-0.39, 0.29) is 111 Å². The molecule has 3 heterocycles. The van der Waals surface area contributed by atoms with E-state index >= 15 is 0 Å². The van der Waals surface area contributed by atoms with Gasteiger partial charge in [-0.05, 0) is 199 Å². The van der Waals surface area contributed by atoms with E-state index in [1.807, 2.05) is 201 Å². The van der Waals surface area contributed by atoms with Crippen LogP contribution in [0.25, 0.3) is 67.2 Å². The Morgan fingerprint density at radius 2 is 0.500 bits per heavy atom. The van der Waals surface area contributed by atoms with Gasteiger partial charge in [0, 0.05) is 108 Å². The Balaban J connectivity index is 0.000000210. The summed E-state index contributed by atoms with van der Waals surface area (Å²) in [6.45, 7) is 12.7. The number of aliphatic hydroxyl groups excluding tert-OH is 6. The number of nitrogens with one attached hydrogen (secondary N) is 3. The van der Waals surface area contributed by atoms with Crippen LogP contribution in [0, 0.1) is 17.5 Å². The van der Waals surface area contributed by atoms with Crippen LogP contribution in [0.3, 0.4) is 0 Å². The molecule has 12 rings (SSSR count). The summed E-state index contributed by atoms with van der Waals surface area (Å²) in [5.74, 6) is -6.61. The number of aliphatic carboxylic acids is 3. The smallest absolute Gasteiger partial charge is 0.550 e. The Hall–Kier alpha value is -12.3. The minimum Gasteiger partial charge on any atom is -0.550 e. The number of carboxylic acids is 3. The number of nitrogens with zero attached hydrogens (tertiary/aromatic N) is 3. The van der Waals surface area contributed by atoms with Gasteiger partial charge >= 0.3 is 17.1 Å². The fourth-order valence-electron chi connectivity index (χ4n) is 15.6. The Morgan fingerprint density at radius 3 is 0.694 bits per heavy atom. The van der Waals surface area contributed by atoms with Gasteiger partial charge < -0.3 is 90.0 Å². The van der Waals surface area contributed by atoms with Crippen LogP contribution < -0.4 is 31.3 Å². The summed E-state index contributed by atoms with van der Waals surface area (Å²) in [6, 6.07) is 74.1. The number of hydrogen-bond donors (Lipinski definition) is 9. The van der Waals surface area contributed by atoms with E-state index in [0.29, 0.717) is 84.2 Å². The van der Waals surface area contributed by atoms with Crippen LogP contribution in [-0.2, 0) is 51.1 Å². The second-order valence-electron chi connectivity index (χ2n) is 31.2. The Morgan fingerprint density at radius 1 is 0.298 bits per heavy atom. The third-order valence-electron chi connectivity index (χ3n) is 20.8. The van der Waals surface area contributed by atoms with E-state index in [2.05, 4.69) is 16.0 Å². The van der Waals surface area contributed by atoms with Crippen LogP contribution in [0.1, 0.15) is 165 Å². The second kappa shape index (κ2) is 45.7. The molecular weight excluding hydrogens is 1630 g/mol. The predicted octanol–water partition coefficient (Wildman–Crippen LogP) is 14.9. The van der Waals surface area contributed by atoms with Crippen LogP contribution in [0.2, 0.25) is 0 Å². The van der Waals surface area contributed by atoms with E-state index in [0.717, 1.165) is 33.8 Å². The predicted molar refractivity (Wildman–Crippen MR) is 464 cm³/mol. The van der Waals surface area contributed by atoms with E-state index < -0.39 is 91.2 Å². The number of anilines is 3. The zero-order chi connectivity index (χ0) is 88.6. The molecule has 3 amide bonds. The van der Waals surface area contributed by atoms with E-state index in [1.165, 1.54) is 36.4 Å². The van der Waals surface area contributed by atoms with Crippen molar-refractivity contribution in [2.75, 3.05) is 16.0 Å². The van der Waals surface area contributed by atoms with Crippen molar-refractivity contribution >= 4 is 52.7 Å². The molecule has 124 heavy (non-hydrogen) atoms. The van der Waals surface area contributed by atoms with E-state index in [4.69, 9.17) is 0 Å². The molecule has 25 heteroatoms. The minimum absolute atomic E-state index is 0. The number of aliphatic hydroxyl groups is 6. The van der Waals surface area contributed by atoms with E-state index in [1.54, 1.807) is 72.8 Å². The SMILES string of the molecule is CC(C)c1c(C(=O)Nc2ccccc2)c(-c2ccccc2)c(-c2ccc(F)cc2)n1CC[C@@H](O)C[C@@H](O)CC(=O)[O-].CC(C)c1c(C(=O)Nc2ccccc2)c(-c2ccccc2)c(-c2ccc(F)cc2)n1CC[C@@H](O)C[C@@H](O)CC(=O)[O-].CC(C)c1c(C(=O)Nc2ccccc2)c(-c2ccccc2)c(-c2ccc(F)cc2)n1CC[C@@H](O)C[C@@H](O)CC(=O)[O-].[Fe+3]. The number of aromatic nitrogens is 3. The zero-order valence-electron chi connectivity index (χ0n) is 69.6. The topological polar surface area (TPSA) is 344 Å². The summed E-state index contributed by atoms with van der Waals surface area (Å²) in [7, 11) is 0. The van der Waals surface area contributed by atoms with Crippen LogP contribution in [0.15, 0.2) is 255 Å². The number of halogens is 3. The third-order valence-corrected chi connectivity index (χ3v) is 20.8. The van der Waals surface area contributed by atoms with Gasteiger partial charge in [-0.15, -0.1) is 0 Å². The number of benzene rings is 9. The summed E-state index contributed by atoms with van der Waals surface area (Å²) in [5.41, 5.74) is 14.1. The Kier molecular flexibility index (Phi) is 35.2. The number of hydrogen-bond acceptors (Lipinski definition) is 15. The molecule has 21 nitrogen and oxygen atoms in total. The van der Waals surface area contributed by atoms with Crippen LogP contribution >= 0.6 is 0 Å². The molecular formula is C99H102F3FeN6O15. The fraction of sp³-hybridized carbons (Fsp3) is 0.273. The second-order valence-corrected chi connectivity index (χ2v) is 31.2. The summed E-state index contributed by atoms with van der Waals surface area (Å²) < 4.78 is 47.9. The molecule has 3 aromatic heterocycles. The molecule has 647 valence electrons. The average Bonchev–Trinajstić information content (AvgIpc) is 1.60. The quantitative estimate of drug-likeness (QED) is 0.0165. The molecule has 0 unspecified atom stereocenters. The van der Waals surface area contributed by atoms with Gasteiger partial charge in [0.2, 0.25) is 0 Å². The molecule has 0 fully saturated rings. The first-order valence-corrected chi connectivity index (χ1v) is 41.0. The maximum atomic E-state index is 14.0. The number of carbonyl (C=O) groups is 6. The van der Waals surface area contributed by atoms with Crippen molar-refractivity contribution in [2.24, 2.45) is 0 Å². The van der Waals surface area contributed by atoms with Gasteiger partial charge in [0.1, 0.15) is 17.5 Å². The van der Waals surface area contributed by atoms with Crippen LogP contribution in [0.5, 0.6) is 0 Å². The van der Waals surface area contributed by atoms with Crippen molar-refractivity contribution in [3.63, 3.8) is 0 Å². The first-order chi connectivity index (χ1) is 59.0. The van der Waals surface area contributed by atoms with Crippen molar-refractivity contribution in [2.45, 2.75) is 173 Å². The largest absolute Gasteiger partial charge is 3.00 e. The van der Waals surface area contributed by atoms with E-state index in [9.17, 15) is 87.9 Å². The standard InChI is InChI=1S/3C33H35FN2O5.Fe/c3*1-21(2)31-30(33(41)35-25-11-7-4-8-12-25)29(22-9-5-3-6-10-22)32(23-13-15-24(34)16-14-23)36(31)18-17-26(37)19-27(38)20-28(39)40;/h3*3-16,21,26-27,37-38H,17-20H2,1-2H3,(H,35,41)(H,39,40);/q;;;+3/p-3/t3*26-,27-;/m111./s1. The number of para-hydroxylation sites is 3. The first kappa shape index (κ1) is 95.5. The Labute approximate surface area is 729 Å². The zero-order valence-corrected chi connectivity index (χ0v) is 70.7. The van der Waals surface area contributed by atoms with Crippen molar-refractivity contribution in [1.29, 1.82) is 0 Å². The van der Waals surface area contributed by atoms with Crippen molar-refractivity contribution in [3.05, 3.63) is 306 Å². The summed E-state index contributed by atoms with van der Waals surface area (Å²) in [4.78, 5) is 74.7. The minimum atomic E-state index is -1.39. The summed E-state index contributed by atoms with van der Waals surface area (Å²) in [5, 5.41) is 104. The van der Waals surface area contributed by atoms with Gasteiger partial charge in [-0.2, -0.15) is 0 Å². The molecule has 1 radical (unpaired) electrons. The Bertz CT molecular complexity index is 4950. The van der Waals surface area contributed by atoms with Gasteiger partial charge in [0.05, 0.1) is 70.4 Å². The van der Waals surface area contributed by atoms with Gasteiger partial charge in [-0.1, -0.05) is 187 Å². The molecule has 0 bridgehead atoms. The molecule has 0 aliphatic heterocycles. The number of carboxylic acid groups (broad SMARTS) is 3. The molecule has 0 aliphatic carbocycles. The van der Waals surface area contributed by atoms with Gasteiger partial charge in [0.25, 0.3) is 17.7 Å². The fourth-order valence-corrected chi connectivity index (χ4v) is 15.6. The molecule has 12 aromatic rings. The number of carbonyl (C=O) groups excluding carboxylic acids is 6. The van der Waals surface area contributed by atoms with Crippen molar-refractivity contribution in [1.82, 2.24) is 13.7 Å². The molecule has 9 N–H and O–H groups in total. The third kappa shape index (κ3) is 25.7. The monoisotopic (exact) mass is 1730 g/mol. The van der Waals surface area contributed by atoms with Crippen LogP contribution in [-0.4, -0.2) is 117 Å². The van der Waals surface area contributed by atoms with Gasteiger partial charge in [0.15, 0.2) is 0 Å². The maximum absolute atomic E-state index is 14.0. The summed E-state index contributed by atoms with van der Waals surface area (Å²) in [6.07, 6.45) is -8.31. The molecule has 0 saturated carbocycles. The number of rotatable bonds is 36. The van der Waals surface area contributed by atoms with Crippen molar-refractivity contribution in [3.8, 4) is 67.2 Å². The molecule has 0 spiro atoms. The average molecular weight is 1730 g/mol.